The summed E-state index contributed by atoms with van der Waals surface area (Å²) in [5.74, 6) is 1.19. The lowest BCUT2D eigenvalue weighted by molar-refractivity contribution is 0.0117. The van der Waals surface area contributed by atoms with E-state index in [0.29, 0.717) is 18.0 Å². The van der Waals surface area contributed by atoms with Crippen LogP contribution >= 0.6 is 0 Å². The molecule has 5 nitrogen and oxygen atoms in total. The summed E-state index contributed by atoms with van der Waals surface area (Å²) in [6.45, 7) is 6.08. The van der Waals surface area contributed by atoms with Crippen LogP contribution in [0.1, 0.15) is 27.9 Å². The molecule has 1 N–H and O–H groups in total. The molecule has 2 fully saturated rings. The fourth-order valence-corrected chi connectivity index (χ4v) is 5.09. The molecule has 2 aromatic carbocycles. The van der Waals surface area contributed by atoms with Crippen LogP contribution in [-0.2, 0) is 6.54 Å². The summed E-state index contributed by atoms with van der Waals surface area (Å²) in [6, 6.07) is 16.1. The molecule has 2 aromatic rings. The van der Waals surface area contributed by atoms with Gasteiger partial charge in [-0.3, -0.25) is 9.69 Å². The van der Waals surface area contributed by atoms with E-state index in [1.54, 1.807) is 7.11 Å². The summed E-state index contributed by atoms with van der Waals surface area (Å²) in [5, 5.41) is 10.4. The number of carbonyl (C=O) groups is 1. The maximum Gasteiger partial charge on any atom is 0.254 e. The summed E-state index contributed by atoms with van der Waals surface area (Å²) < 4.78 is 5.39. The zero-order valence-electron chi connectivity index (χ0n) is 17.3. The topological polar surface area (TPSA) is 53.0 Å². The Hall–Kier alpha value is -2.37. The molecule has 0 aromatic heterocycles. The Morgan fingerprint density at radius 3 is 2.69 bits per heavy atom. The first kappa shape index (κ1) is 19.9. The van der Waals surface area contributed by atoms with Gasteiger partial charge in [-0.1, -0.05) is 36.4 Å². The zero-order chi connectivity index (χ0) is 20.4. The maximum absolute atomic E-state index is 13.3. The number of nitrogens with zero attached hydrogens (tertiary/aromatic N) is 2. The number of methoxy groups -OCH3 is 1. The van der Waals surface area contributed by atoms with Crippen LogP contribution in [0.5, 0.6) is 5.75 Å². The number of fused-ring (bicyclic) bond motifs is 1. The van der Waals surface area contributed by atoms with Crippen LogP contribution < -0.4 is 4.74 Å². The van der Waals surface area contributed by atoms with Gasteiger partial charge in [-0.05, 0) is 37.0 Å². The molecule has 0 spiro atoms. The largest absolute Gasteiger partial charge is 0.496 e. The van der Waals surface area contributed by atoms with E-state index in [9.17, 15) is 9.90 Å². The third kappa shape index (κ3) is 3.77. The number of aliphatic hydroxyl groups is 1. The Kier molecular flexibility index (Phi) is 5.61. The van der Waals surface area contributed by atoms with Crippen LogP contribution in [0.3, 0.4) is 0 Å². The second-order valence-electron chi connectivity index (χ2n) is 8.52. The molecule has 4 rings (SSSR count). The van der Waals surface area contributed by atoms with Crippen molar-refractivity contribution >= 4 is 5.91 Å². The smallest absolute Gasteiger partial charge is 0.254 e. The first-order valence-electron chi connectivity index (χ1n) is 10.4. The third-order valence-corrected chi connectivity index (χ3v) is 6.72. The van der Waals surface area contributed by atoms with Crippen LogP contribution in [0.15, 0.2) is 48.5 Å². The van der Waals surface area contributed by atoms with Crippen molar-refractivity contribution in [1.82, 2.24) is 9.80 Å². The minimum atomic E-state index is -0.241. The summed E-state index contributed by atoms with van der Waals surface area (Å²) in [6.07, 6.45) is 0.931. The van der Waals surface area contributed by atoms with E-state index in [-0.39, 0.29) is 17.9 Å². The molecule has 2 aliphatic heterocycles. The van der Waals surface area contributed by atoms with Crippen molar-refractivity contribution in [3.8, 4) is 5.75 Å². The number of ether oxygens (including phenoxy) is 1. The number of likely N-dealkylation sites (tertiary alicyclic amines) is 2. The monoisotopic (exact) mass is 394 g/mol. The average Bonchev–Trinajstić information content (AvgIpc) is 3.11. The average molecular weight is 395 g/mol. The number of hydrogen-bond donors (Lipinski definition) is 1. The molecule has 0 aliphatic carbocycles. The van der Waals surface area contributed by atoms with E-state index in [1.807, 2.05) is 36.1 Å². The van der Waals surface area contributed by atoms with Gasteiger partial charge >= 0.3 is 0 Å². The number of amides is 1. The fourth-order valence-electron chi connectivity index (χ4n) is 5.09. The Morgan fingerprint density at radius 2 is 1.97 bits per heavy atom. The van der Waals surface area contributed by atoms with Gasteiger partial charge in [0.25, 0.3) is 5.91 Å². The highest BCUT2D eigenvalue weighted by molar-refractivity contribution is 5.96. The van der Waals surface area contributed by atoms with Crippen molar-refractivity contribution in [2.24, 2.45) is 11.3 Å². The summed E-state index contributed by atoms with van der Waals surface area (Å²) in [7, 11) is 1.63. The molecule has 0 bridgehead atoms. The molecular formula is C24H30N2O3. The molecule has 0 unspecified atom stereocenters. The van der Waals surface area contributed by atoms with Gasteiger partial charge in [-0.15, -0.1) is 0 Å². The highest BCUT2D eigenvalue weighted by Crippen LogP contribution is 2.42. The number of hydrogen-bond acceptors (Lipinski definition) is 4. The zero-order valence-corrected chi connectivity index (χ0v) is 17.3. The number of benzene rings is 2. The molecule has 154 valence electrons. The van der Waals surface area contributed by atoms with Crippen molar-refractivity contribution in [1.29, 1.82) is 0 Å². The summed E-state index contributed by atoms with van der Waals surface area (Å²) >= 11 is 0. The molecule has 29 heavy (non-hydrogen) atoms. The van der Waals surface area contributed by atoms with Crippen molar-refractivity contribution in [2.45, 2.75) is 19.9 Å². The molecule has 2 atom stereocenters. The lowest BCUT2D eigenvalue weighted by atomic mass is 9.74. The molecule has 2 aliphatic rings. The Morgan fingerprint density at radius 1 is 1.17 bits per heavy atom. The van der Waals surface area contributed by atoms with Gasteiger partial charge < -0.3 is 14.7 Å². The summed E-state index contributed by atoms with van der Waals surface area (Å²) in [5.41, 5.74) is 2.61. The highest BCUT2D eigenvalue weighted by Gasteiger charge is 2.50. The van der Waals surface area contributed by atoms with Crippen LogP contribution in [0.25, 0.3) is 0 Å². The Balaban J connectivity index is 1.51. The van der Waals surface area contributed by atoms with Crippen molar-refractivity contribution < 1.29 is 14.6 Å². The second kappa shape index (κ2) is 8.17. The SMILES string of the molecule is COc1cccc(C(=O)N2CC[C@H]3CN(Cc4ccccc4)C[C@@]3(CO)C2)c1C. The number of carbonyl (C=O) groups excluding carboxylic acids is 1. The minimum Gasteiger partial charge on any atom is -0.496 e. The van der Waals surface area contributed by atoms with Crippen LogP contribution in [-0.4, -0.2) is 60.7 Å². The van der Waals surface area contributed by atoms with Crippen molar-refractivity contribution in [3.63, 3.8) is 0 Å². The van der Waals surface area contributed by atoms with Gasteiger partial charge in [0.05, 0.1) is 13.7 Å². The molecule has 0 saturated carbocycles. The van der Waals surface area contributed by atoms with E-state index in [4.69, 9.17) is 4.74 Å². The first-order valence-corrected chi connectivity index (χ1v) is 10.4. The lowest BCUT2D eigenvalue weighted by Gasteiger charge is -2.43. The normalized spacial score (nSPS) is 24.4. The predicted molar refractivity (Wildman–Crippen MR) is 113 cm³/mol. The van der Waals surface area contributed by atoms with E-state index < -0.39 is 0 Å². The molecule has 2 saturated heterocycles. The van der Waals surface area contributed by atoms with Gasteiger partial charge in [0.15, 0.2) is 0 Å². The van der Waals surface area contributed by atoms with E-state index in [0.717, 1.165) is 43.9 Å². The Bertz CT molecular complexity index is 870. The number of rotatable bonds is 5. The van der Waals surface area contributed by atoms with Gasteiger partial charge in [-0.25, -0.2) is 0 Å². The van der Waals surface area contributed by atoms with Crippen LogP contribution in [0, 0.1) is 18.3 Å². The highest BCUT2D eigenvalue weighted by atomic mass is 16.5. The minimum absolute atomic E-state index is 0.0363. The van der Waals surface area contributed by atoms with Gasteiger partial charge in [0, 0.05) is 49.3 Å². The van der Waals surface area contributed by atoms with Gasteiger partial charge in [0.1, 0.15) is 5.75 Å². The van der Waals surface area contributed by atoms with E-state index in [2.05, 4.69) is 29.2 Å². The van der Waals surface area contributed by atoms with Gasteiger partial charge in [-0.2, -0.15) is 0 Å². The Labute approximate surface area is 172 Å². The summed E-state index contributed by atoms with van der Waals surface area (Å²) in [4.78, 5) is 17.6. The third-order valence-electron chi connectivity index (χ3n) is 6.72. The lowest BCUT2D eigenvalue weighted by Crippen LogP contribution is -2.52. The predicted octanol–water partition coefficient (Wildman–Crippen LogP) is 2.96. The number of piperidine rings is 1. The standard InChI is InChI=1S/C24H30N2O3/c1-18-21(9-6-10-22(18)29-2)23(28)26-12-11-20-14-25(15-24(20,16-26)17-27)13-19-7-4-3-5-8-19/h3-10,20,27H,11-17H2,1-2H3/t20-,24-/m0/s1. The van der Waals surface area contributed by atoms with Crippen LogP contribution in [0.2, 0.25) is 0 Å². The molecule has 1 amide bonds. The van der Waals surface area contributed by atoms with Crippen molar-refractivity contribution in [3.05, 3.63) is 65.2 Å². The van der Waals surface area contributed by atoms with Crippen LogP contribution in [0.4, 0.5) is 0 Å². The van der Waals surface area contributed by atoms with E-state index >= 15 is 0 Å². The van der Waals surface area contributed by atoms with E-state index in [1.165, 1.54) is 5.56 Å². The first-order chi connectivity index (χ1) is 14.1. The fraction of sp³-hybridized carbons (Fsp3) is 0.458. The molecule has 5 heteroatoms. The molecule has 0 radical (unpaired) electrons. The van der Waals surface area contributed by atoms with Gasteiger partial charge in [0.2, 0.25) is 0 Å². The molecule has 2 heterocycles. The quantitative estimate of drug-likeness (QED) is 0.847. The maximum atomic E-state index is 13.3. The van der Waals surface area contributed by atoms with Crippen molar-refractivity contribution in [2.75, 3.05) is 39.9 Å². The second-order valence-corrected chi connectivity index (χ2v) is 8.52. The number of aliphatic hydroxyl groups excluding tert-OH is 1. The molecular weight excluding hydrogens is 364 g/mol.